The first kappa shape index (κ1) is 11.3. The molecule has 0 aliphatic heterocycles. The Kier molecular flexibility index (Phi) is 2.64. The van der Waals surface area contributed by atoms with Gasteiger partial charge < -0.3 is 16.2 Å². The van der Waals surface area contributed by atoms with E-state index in [-0.39, 0.29) is 11.8 Å². The van der Waals surface area contributed by atoms with Gasteiger partial charge in [0.05, 0.1) is 0 Å². The van der Waals surface area contributed by atoms with Crippen molar-refractivity contribution in [2.24, 2.45) is 0 Å². The summed E-state index contributed by atoms with van der Waals surface area (Å²) >= 11 is 0. The molecule has 0 fully saturated rings. The number of benzene rings is 2. The molecule has 0 atom stereocenters. The van der Waals surface area contributed by atoms with Crippen LogP contribution in [0.5, 0.6) is 11.6 Å². The van der Waals surface area contributed by atoms with E-state index in [1.54, 1.807) is 0 Å². The SMILES string of the molecule is Nc1cc(Oc2ccc3ccccc3c2)nc(N)n1. The molecule has 5 nitrogen and oxygen atoms in total. The third-order valence-electron chi connectivity index (χ3n) is 2.68. The maximum absolute atomic E-state index is 5.64. The Hall–Kier alpha value is -2.82. The highest BCUT2D eigenvalue weighted by molar-refractivity contribution is 5.83. The summed E-state index contributed by atoms with van der Waals surface area (Å²) in [5.74, 6) is 1.38. The third-order valence-corrected chi connectivity index (χ3v) is 2.68. The number of aromatic nitrogens is 2. The molecule has 0 radical (unpaired) electrons. The maximum atomic E-state index is 5.64. The zero-order valence-electron chi connectivity index (χ0n) is 10.1. The number of hydrogen-bond donors (Lipinski definition) is 2. The smallest absolute Gasteiger partial charge is 0.226 e. The minimum absolute atomic E-state index is 0.0933. The van der Waals surface area contributed by atoms with Crippen LogP contribution in [0.15, 0.2) is 48.5 Å². The van der Waals surface area contributed by atoms with Gasteiger partial charge in [0, 0.05) is 6.07 Å². The van der Waals surface area contributed by atoms with Crippen molar-refractivity contribution in [2.75, 3.05) is 11.5 Å². The standard InChI is InChI=1S/C14H12N4O/c15-12-8-13(18-14(16)17-12)19-11-6-5-9-3-1-2-4-10(9)7-11/h1-8H,(H4,15,16,17,18). The predicted molar refractivity (Wildman–Crippen MR) is 74.9 cm³/mol. The number of rotatable bonds is 2. The lowest BCUT2D eigenvalue weighted by molar-refractivity contribution is 0.464. The molecule has 2 aromatic carbocycles. The van der Waals surface area contributed by atoms with Crippen LogP contribution in [0.1, 0.15) is 0 Å². The topological polar surface area (TPSA) is 87.0 Å². The van der Waals surface area contributed by atoms with Crippen molar-refractivity contribution in [1.29, 1.82) is 0 Å². The molecule has 0 aliphatic rings. The second-order valence-electron chi connectivity index (χ2n) is 4.10. The van der Waals surface area contributed by atoms with Crippen molar-refractivity contribution in [1.82, 2.24) is 9.97 Å². The monoisotopic (exact) mass is 252 g/mol. The van der Waals surface area contributed by atoms with Crippen molar-refractivity contribution < 1.29 is 4.74 Å². The lowest BCUT2D eigenvalue weighted by atomic mass is 10.1. The van der Waals surface area contributed by atoms with Crippen molar-refractivity contribution in [3.63, 3.8) is 0 Å². The van der Waals surface area contributed by atoms with Gasteiger partial charge in [-0.3, -0.25) is 0 Å². The molecule has 0 bridgehead atoms. The van der Waals surface area contributed by atoms with E-state index in [0.29, 0.717) is 11.6 Å². The number of fused-ring (bicyclic) bond motifs is 1. The van der Waals surface area contributed by atoms with Gasteiger partial charge in [0.15, 0.2) is 0 Å². The van der Waals surface area contributed by atoms with Crippen molar-refractivity contribution in [2.45, 2.75) is 0 Å². The first-order chi connectivity index (χ1) is 9.20. The van der Waals surface area contributed by atoms with Crippen LogP contribution < -0.4 is 16.2 Å². The minimum atomic E-state index is 0.0933. The first-order valence-corrected chi connectivity index (χ1v) is 5.77. The normalized spacial score (nSPS) is 10.5. The highest BCUT2D eigenvalue weighted by atomic mass is 16.5. The molecule has 1 heterocycles. The molecule has 0 spiro atoms. The van der Waals surface area contributed by atoms with E-state index >= 15 is 0 Å². The van der Waals surface area contributed by atoms with Crippen LogP contribution in [0.4, 0.5) is 11.8 Å². The van der Waals surface area contributed by atoms with Gasteiger partial charge >= 0.3 is 0 Å². The molecule has 0 saturated carbocycles. The van der Waals surface area contributed by atoms with Gasteiger partial charge in [0.2, 0.25) is 11.8 Å². The quantitative estimate of drug-likeness (QED) is 0.732. The predicted octanol–water partition coefficient (Wildman–Crippen LogP) is 2.59. The van der Waals surface area contributed by atoms with Gasteiger partial charge in [-0.1, -0.05) is 30.3 Å². The molecular weight excluding hydrogens is 240 g/mol. The van der Waals surface area contributed by atoms with Crippen molar-refractivity contribution in [3.8, 4) is 11.6 Å². The summed E-state index contributed by atoms with van der Waals surface area (Å²) in [5, 5.41) is 2.24. The number of hydrogen-bond acceptors (Lipinski definition) is 5. The van der Waals surface area contributed by atoms with E-state index < -0.39 is 0 Å². The minimum Gasteiger partial charge on any atom is -0.439 e. The fourth-order valence-electron chi connectivity index (χ4n) is 1.87. The molecule has 94 valence electrons. The Morgan fingerprint density at radius 3 is 2.42 bits per heavy atom. The maximum Gasteiger partial charge on any atom is 0.226 e. The molecular formula is C14H12N4O. The summed E-state index contributed by atoms with van der Waals surface area (Å²) in [6.07, 6.45) is 0. The zero-order valence-corrected chi connectivity index (χ0v) is 10.1. The van der Waals surface area contributed by atoms with Crippen LogP contribution >= 0.6 is 0 Å². The highest BCUT2D eigenvalue weighted by Crippen LogP contribution is 2.25. The number of nitrogens with zero attached hydrogens (tertiary/aromatic N) is 2. The first-order valence-electron chi connectivity index (χ1n) is 5.77. The summed E-state index contributed by atoms with van der Waals surface area (Å²) in [4.78, 5) is 7.76. The molecule has 0 amide bonds. The Bertz CT molecular complexity index is 722. The number of ether oxygens (including phenoxy) is 1. The number of nitrogens with two attached hydrogens (primary N) is 2. The van der Waals surface area contributed by atoms with Crippen LogP contribution in [0, 0.1) is 0 Å². The summed E-state index contributed by atoms with van der Waals surface area (Å²) in [6.45, 7) is 0. The average Bonchev–Trinajstić information content (AvgIpc) is 2.37. The van der Waals surface area contributed by atoms with E-state index in [9.17, 15) is 0 Å². The second-order valence-corrected chi connectivity index (χ2v) is 4.10. The summed E-state index contributed by atoms with van der Waals surface area (Å²) in [7, 11) is 0. The van der Waals surface area contributed by atoms with Crippen LogP contribution in [-0.2, 0) is 0 Å². The molecule has 1 aromatic heterocycles. The van der Waals surface area contributed by atoms with E-state index in [2.05, 4.69) is 9.97 Å². The molecule has 0 saturated heterocycles. The van der Waals surface area contributed by atoms with Crippen LogP contribution in [0.3, 0.4) is 0 Å². The van der Waals surface area contributed by atoms with Gasteiger partial charge in [0.1, 0.15) is 11.6 Å². The second kappa shape index (κ2) is 4.45. The van der Waals surface area contributed by atoms with E-state index in [1.165, 1.54) is 6.07 Å². The Labute approximate surface area is 109 Å². The molecule has 0 aliphatic carbocycles. The zero-order chi connectivity index (χ0) is 13.2. The highest BCUT2D eigenvalue weighted by Gasteiger charge is 2.03. The van der Waals surface area contributed by atoms with Crippen molar-refractivity contribution in [3.05, 3.63) is 48.5 Å². The van der Waals surface area contributed by atoms with Gasteiger partial charge in [-0.15, -0.1) is 0 Å². The van der Waals surface area contributed by atoms with Crippen LogP contribution in [0.25, 0.3) is 10.8 Å². The summed E-state index contributed by atoms with van der Waals surface area (Å²) in [5.41, 5.74) is 11.1. The van der Waals surface area contributed by atoms with Gasteiger partial charge in [0.25, 0.3) is 0 Å². The largest absolute Gasteiger partial charge is 0.439 e. The summed E-state index contributed by atoms with van der Waals surface area (Å²) < 4.78 is 5.64. The Morgan fingerprint density at radius 1 is 0.842 bits per heavy atom. The van der Waals surface area contributed by atoms with Gasteiger partial charge in [-0.25, -0.2) is 0 Å². The van der Waals surface area contributed by atoms with Crippen molar-refractivity contribution >= 4 is 22.5 Å². The molecule has 5 heteroatoms. The average molecular weight is 252 g/mol. The molecule has 4 N–H and O–H groups in total. The number of nitrogen functional groups attached to an aromatic ring is 2. The van der Waals surface area contributed by atoms with Gasteiger partial charge in [-0.05, 0) is 22.9 Å². The Morgan fingerprint density at radius 2 is 1.63 bits per heavy atom. The number of anilines is 2. The Balaban J connectivity index is 1.96. The fourth-order valence-corrected chi connectivity index (χ4v) is 1.87. The van der Waals surface area contributed by atoms with E-state index in [4.69, 9.17) is 16.2 Å². The van der Waals surface area contributed by atoms with E-state index in [1.807, 2.05) is 42.5 Å². The molecule has 19 heavy (non-hydrogen) atoms. The lowest BCUT2D eigenvalue weighted by Crippen LogP contribution is -2.00. The van der Waals surface area contributed by atoms with Crippen LogP contribution in [0.2, 0.25) is 0 Å². The molecule has 3 rings (SSSR count). The third kappa shape index (κ3) is 2.40. The summed E-state index contributed by atoms with van der Waals surface area (Å²) in [6, 6.07) is 15.4. The lowest BCUT2D eigenvalue weighted by Gasteiger charge is -2.07. The van der Waals surface area contributed by atoms with Gasteiger partial charge in [-0.2, -0.15) is 9.97 Å². The molecule has 0 unspecified atom stereocenters. The molecule has 3 aromatic rings. The fraction of sp³-hybridized carbons (Fsp3) is 0. The van der Waals surface area contributed by atoms with E-state index in [0.717, 1.165) is 10.8 Å². The van der Waals surface area contributed by atoms with Crippen LogP contribution in [-0.4, -0.2) is 9.97 Å².